The van der Waals surface area contributed by atoms with Crippen molar-refractivity contribution < 1.29 is 9.53 Å². The lowest BCUT2D eigenvalue weighted by Gasteiger charge is -2.32. The lowest BCUT2D eigenvalue weighted by atomic mass is 9.97. The summed E-state index contributed by atoms with van der Waals surface area (Å²) >= 11 is 0. The van der Waals surface area contributed by atoms with Crippen molar-refractivity contribution in [2.24, 2.45) is 5.92 Å². The number of anilines is 1. The predicted molar refractivity (Wildman–Crippen MR) is 107 cm³/mol. The summed E-state index contributed by atoms with van der Waals surface area (Å²) in [4.78, 5) is 19.4. The molecule has 2 aromatic rings. The van der Waals surface area contributed by atoms with Crippen LogP contribution in [0.25, 0.3) is 0 Å². The Morgan fingerprint density at radius 1 is 1.22 bits per heavy atom. The highest BCUT2D eigenvalue weighted by atomic mass is 16.5. The zero-order chi connectivity index (χ0) is 19.1. The summed E-state index contributed by atoms with van der Waals surface area (Å²) in [6.45, 7) is 6.84. The van der Waals surface area contributed by atoms with Gasteiger partial charge in [-0.25, -0.2) is 4.98 Å². The molecule has 5 nitrogen and oxygen atoms in total. The van der Waals surface area contributed by atoms with E-state index in [2.05, 4.69) is 27.3 Å². The van der Waals surface area contributed by atoms with Crippen LogP contribution >= 0.6 is 0 Å². The van der Waals surface area contributed by atoms with Crippen LogP contribution in [0.15, 0.2) is 48.7 Å². The van der Waals surface area contributed by atoms with E-state index in [1.165, 1.54) is 0 Å². The molecule has 2 heterocycles. The number of carbonyl (C=O) groups excluding carboxylic acids is 1. The van der Waals surface area contributed by atoms with Gasteiger partial charge in [0.2, 0.25) is 5.91 Å². The van der Waals surface area contributed by atoms with E-state index in [-0.39, 0.29) is 17.9 Å². The SMILES string of the molecule is CC(C)OCc1ccccc1CNC(=O)[C@@H]1CCCN(c2ccccn2)C1. The molecule has 0 aliphatic carbocycles. The van der Waals surface area contributed by atoms with Crippen molar-refractivity contribution in [3.8, 4) is 0 Å². The van der Waals surface area contributed by atoms with Gasteiger partial charge in [0, 0.05) is 25.8 Å². The highest BCUT2D eigenvalue weighted by Crippen LogP contribution is 2.21. The average molecular weight is 367 g/mol. The fourth-order valence-corrected chi connectivity index (χ4v) is 3.39. The molecule has 0 bridgehead atoms. The lowest BCUT2D eigenvalue weighted by Crippen LogP contribution is -2.43. The van der Waals surface area contributed by atoms with Crippen LogP contribution in [0.3, 0.4) is 0 Å². The predicted octanol–water partition coefficient (Wildman–Crippen LogP) is 3.54. The molecule has 5 heteroatoms. The number of aromatic nitrogens is 1. The summed E-state index contributed by atoms with van der Waals surface area (Å²) in [5.41, 5.74) is 2.24. The molecule has 0 radical (unpaired) electrons. The summed E-state index contributed by atoms with van der Waals surface area (Å²) in [6, 6.07) is 14.0. The third-order valence-electron chi connectivity index (χ3n) is 4.91. The van der Waals surface area contributed by atoms with E-state index in [4.69, 9.17) is 4.74 Å². The van der Waals surface area contributed by atoms with Crippen LogP contribution in [0.2, 0.25) is 0 Å². The highest BCUT2D eigenvalue weighted by molar-refractivity contribution is 5.79. The van der Waals surface area contributed by atoms with E-state index in [9.17, 15) is 4.79 Å². The maximum absolute atomic E-state index is 12.7. The summed E-state index contributed by atoms with van der Waals surface area (Å²) in [5, 5.41) is 3.13. The smallest absolute Gasteiger partial charge is 0.225 e. The summed E-state index contributed by atoms with van der Waals surface area (Å²) < 4.78 is 5.73. The van der Waals surface area contributed by atoms with E-state index >= 15 is 0 Å². The van der Waals surface area contributed by atoms with E-state index < -0.39 is 0 Å². The van der Waals surface area contributed by atoms with Crippen LogP contribution < -0.4 is 10.2 Å². The van der Waals surface area contributed by atoms with Gasteiger partial charge in [-0.1, -0.05) is 30.3 Å². The molecule has 0 spiro atoms. The second-order valence-electron chi connectivity index (χ2n) is 7.32. The van der Waals surface area contributed by atoms with E-state index in [0.717, 1.165) is 42.9 Å². The number of nitrogens with one attached hydrogen (secondary N) is 1. The minimum atomic E-state index is -0.000155. The van der Waals surface area contributed by atoms with Crippen molar-refractivity contribution in [3.63, 3.8) is 0 Å². The second kappa shape index (κ2) is 9.51. The second-order valence-corrected chi connectivity index (χ2v) is 7.32. The zero-order valence-electron chi connectivity index (χ0n) is 16.2. The summed E-state index contributed by atoms with van der Waals surface area (Å²) in [5.74, 6) is 1.07. The van der Waals surface area contributed by atoms with Crippen LogP contribution in [-0.2, 0) is 22.7 Å². The fraction of sp³-hybridized carbons (Fsp3) is 0.455. The van der Waals surface area contributed by atoms with Crippen molar-refractivity contribution in [1.82, 2.24) is 10.3 Å². The number of amides is 1. The van der Waals surface area contributed by atoms with E-state index in [0.29, 0.717) is 13.2 Å². The molecular weight excluding hydrogens is 338 g/mol. The van der Waals surface area contributed by atoms with E-state index in [1.807, 2.05) is 44.2 Å². The molecule has 1 atom stereocenters. The van der Waals surface area contributed by atoms with E-state index in [1.54, 1.807) is 6.20 Å². The first-order chi connectivity index (χ1) is 13.1. The minimum absolute atomic E-state index is 0.000155. The molecule has 1 amide bonds. The van der Waals surface area contributed by atoms with Gasteiger partial charge in [0.1, 0.15) is 5.82 Å². The normalized spacial score (nSPS) is 17.1. The molecule has 1 aromatic heterocycles. The van der Waals surface area contributed by atoms with Gasteiger partial charge in [-0.3, -0.25) is 4.79 Å². The Bertz CT molecular complexity index is 733. The van der Waals surface area contributed by atoms with Gasteiger partial charge < -0.3 is 15.0 Å². The van der Waals surface area contributed by atoms with Gasteiger partial charge in [-0.15, -0.1) is 0 Å². The van der Waals surface area contributed by atoms with Crippen molar-refractivity contribution in [3.05, 3.63) is 59.8 Å². The molecule has 1 fully saturated rings. The van der Waals surface area contributed by atoms with Crippen molar-refractivity contribution in [2.45, 2.75) is 45.9 Å². The number of benzene rings is 1. The number of hydrogen-bond donors (Lipinski definition) is 1. The van der Waals surface area contributed by atoms with Crippen molar-refractivity contribution in [1.29, 1.82) is 0 Å². The molecule has 1 aliphatic rings. The van der Waals surface area contributed by atoms with Gasteiger partial charge in [-0.2, -0.15) is 0 Å². The minimum Gasteiger partial charge on any atom is -0.374 e. The Hall–Kier alpha value is -2.40. The number of nitrogens with zero attached hydrogens (tertiary/aromatic N) is 2. The maximum Gasteiger partial charge on any atom is 0.225 e. The third kappa shape index (κ3) is 5.54. The van der Waals surface area contributed by atoms with Gasteiger partial charge in [0.15, 0.2) is 0 Å². The standard InChI is InChI=1S/C22H29N3O2/c1-17(2)27-16-20-9-4-3-8-18(20)14-24-22(26)19-10-7-13-25(15-19)21-11-5-6-12-23-21/h3-6,8-9,11-12,17,19H,7,10,13-16H2,1-2H3,(H,24,26)/t19-/m1/s1. The first-order valence-corrected chi connectivity index (χ1v) is 9.75. The summed E-state index contributed by atoms with van der Waals surface area (Å²) in [6.07, 6.45) is 3.92. The Labute approximate surface area is 161 Å². The first-order valence-electron chi connectivity index (χ1n) is 9.75. The van der Waals surface area contributed by atoms with Gasteiger partial charge in [0.05, 0.1) is 18.6 Å². The molecule has 0 saturated carbocycles. The maximum atomic E-state index is 12.7. The van der Waals surface area contributed by atoms with Crippen molar-refractivity contribution in [2.75, 3.05) is 18.0 Å². The quantitative estimate of drug-likeness (QED) is 0.813. The zero-order valence-corrected chi connectivity index (χ0v) is 16.2. The Morgan fingerprint density at radius 2 is 2.00 bits per heavy atom. The number of ether oxygens (including phenoxy) is 1. The third-order valence-corrected chi connectivity index (χ3v) is 4.91. The Morgan fingerprint density at radius 3 is 2.74 bits per heavy atom. The molecule has 27 heavy (non-hydrogen) atoms. The van der Waals surface area contributed by atoms with Crippen molar-refractivity contribution >= 4 is 11.7 Å². The van der Waals surface area contributed by atoms with Crippen LogP contribution in [0.4, 0.5) is 5.82 Å². The molecule has 144 valence electrons. The largest absolute Gasteiger partial charge is 0.374 e. The van der Waals surface area contributed by atoms with Gasteiger partial charge in [-0.05, 0) is 49.9 Å². The van der Waals surface area contributed by atoms with Crippen LogP contribution in [0.5, 0.6) is 0 Å². The summed E-state index contributed by atoms with van der Waals surface area (Å²) in [7, 11) is 0. The van der Waals surface area contributed by atoms with Crippen LogP contribution in [-0.4, -0.2) is 30.1 Å². The number of rotatable bonds is 7. The van der Waals surface area contributed by atoms with Gasteiger partial charge >= 0.3 is 0 Å². The molecule has 1 aliphatic heterocycles. The Balaban J connectivity index is 1.56. The molecule has 1 N–H and O–H groups in total. The average Bonchev–Trinajstić information content (AvgIpc) is 2.71. The molecule has 3 rings (SSSR count). The topological polar surface area (TPSA) is 54.5 Å². The highest BCUT2D eigenvalue weighted by Gasteiger charge is 2.26. The molecule has 0 unspecified atom stereocenters. The van der Waals surface area contributed by atoms with Crippen LogP contribution in [0.1, 0.15) is 37.8 Å². The molecule has 1 aromatic carbocycles. The fourth-order valence-electron chi connectivity index (χ4n) is 3.39. The van der Waals surface area contributed by atoms with Gasteiger partial charge in [0.25, 0.3) is 0 Å². The molecular formula is C22H29N3O2. The molecule has 1 saturated heterocycles. The Kier molecular flexibility index (Phi) is 6.82. The first kappa shape index (κ1) is 19.4. The number of pyridine rings is 1. The number of hydrogen-bond acceptors (Lipinski definition) is 4. The van der Waals surface area contributed by atoms with Crippen LogP contribution in [0, 0.1) is 5.92 Å². The monoisotopic (exact) mass is 367 g/mol. The number of piperidine rings is 1. The lowest BCUT2D eigenvalue weighted by molar-refractivity contribution is -0.125. The number of carbonyl (C=O) groups is 1.